The zero-order valence-corrected chi connectivity index (χ0v) is 16.5. The van der Waals surface area contributed by atoms with E-state index in [2.05, 4.69) is 20.6 Å². The Morgan fingerprint density at radius 3 is 2.76 bits per heavy atom. The van der Waals surface area contributed by atoms with Gasteiger partial charge in [0.1, 0.15) is 29.3 Å². The molecular formula is C22H24N4O3. The largest absolute Gasteiger partial charge is 0.497 e. The molecule has 2 N–H and O–H groups in total. The molecule has 29 heavy (non-hydrogen) atoms. The number of rotatable bonds is 9. The van der Waals surface area contributed by atoms with Crippen LogP contribution in [0.15, 0.2) is 60.9 Å². The Morgan fingerprint density at radius 1 is 1.07 bits per heavy atom. The minimum Gasteiger partial charge on any atom is -0.497 e. The summed E-state index contributed by atoms with van der Waals surface area (Å²) in [7, 11) is 1.65. The van der Waals surface area contributed by atoms with E-state index in [-0.39, 0.29) is 11.6 Å². The maximum absolute atomic E-state index is 12.6. The lowest BCUT2D eigenvalue weighted by Crippen LogP contribution is -2.16. The van der Waals surface area contributed by atoms with Crippen LogP contribution in [-0.4, -0.2) is 36.1 Å². The molecule has 2 aromatic carbocycles. The van der Waals surface area contributed by atoms with Gasteiger partial charge in [-0.25, -0.2) is 9.97 Å². The molecule has 0 bridgehead atoms. The van der Waals surface area contributed by atoms with Crippen LogP contribution in [0.25, 0.3) is 0 Å². The number of hydrogen-bond acceptors (Lipinski definition) is 6. The minimum atomic E-state index is -0.324. The number of benzene rings is 2. The highest BCUT2D eigenvalue weighted by Gasteiger charge is 2.12. The predicted octanol–water partition coefficient (Wildman–Crippen LogP) is 3.79. The Kier molecular flexibility index (Phi) is 7.00. The van der Waals surface area contributed by atoms with Gasteiger partial charge in [0.15, 0.2) is 0 Å². The maximum Gasteiger partial charge on any atom is 0.274 e. The number of carbonyl (C=O) groups excluding carboxylic acids is 1. The van der Waals surface area contributed by atoms with E-state index >= 15 is 0 Å². The molecule has 0 radical (unpaired) electrons. The number of carbonyl (C=O) groups is 1. The average Bonchev–Trinajstić information content (AvgIpc) is 2.75. The van der Waals surface area contributed by atoms with Crippen LogP contribution in [0.3, 0.4) is 0 Å². The Hall–Kier alpha value is -3.61. The molecule has 7 heteroatoms. The summed E-state index contributed by atoms with van der Waals surface area (Å²) in [5.74, 6) is 1.71. The molecule has 1 aromatic heterocycles. The van der Waals surface area contributed by atoms with Gasteiger partial charge < -0.3 is 20.1 Å². The van der Waals surface area contributed by atoms with Crippen LogP contribution in [0.1, 0.15) is 23.0 Å². The fourth-order valence-electron chi connectivity index (χ4n) is 2.78. The first-order valence-corrected chi connectivity index (χ1v) is 9.41. The Labute approximate surface area is 170 Å². The molecule has 1 heterocycles. The molecule has 150 valence electrons. The minimum absolute atomic E-state index is 0.273. The molecule has 3 rings (SSSR count). The van der Waals surface area contributed by atoms with Gasteiger partial charge in [0.25, 0.3) is 5.91 Å². The van der Waals surface area contributed by atoms with Crippen LogP contribution in [0.4, 0.5) is 11.5 Å². The number of aromatic nitrogens is 2. The summed E-state index contributed by atoms with van der Waals surface area (Å²) >= 11 is 0. The van der Waals surface area contributed by atoms with Gasteiger partial charge in [-0.15, -0.1) is 0 Å². The van der Waals surface area contributed by atoms with Crippen LogP contribution in [0, 0.1) is 0 Å². The van der Waals surface area contributed by atoms with Crippen molar-refractivity contribution in [1.29, 1.82) is 0 Å². The van der Waals surface area contributed by atoms with Crippen LogP contribution < -0.4 is 20.1 Å². The van der Waals surface area contributed by atoms with E-state index in [9.17, 15) is 4.79 Å². The van der Waals surface area contributed by atoms with Gasteiger partial charge >= 0.3 is 0 Å². The van der Waals surface area contributed by atoms with Crippen molar-refractivity contribution in [2.75, 3.05) is 30.9 Å². The third kappa shape index (κ3) is 5.68. The van der Waals surface area contributed by atoms with Crippen molar-refractivity contribution in [2.24, 2.45) is 0 Å². The van der Waals surface area contributed by atoms with Gasteiger partial charge in [-0.2, -0.15) is 0 Å². The fraction of sp³-hybridized carbons (Fsp3) is 0.227. The zero-order valence-electron chi connectivity index (χ0n) is 16.5. The van der Waals surface area contributed by atoms with Gasteiger partial charge in [-0.1, -0.05) is 24.3 Å². The first-order valence-electron chi connectivity index (χ1n) is 9.41. The van der Waals surface area contributed by atoms with Gasteiger partial charge in [-0.05, 0) is 43.2 Å². The number of methoxy groups -OCH3 is 1. The highest BCUT2D eigenvalue weighted by molar-refractivity contribution is 6.04. The standard InChI is InChI=1S/C22H24N4O3/c1-3-29-20-10-5-4-9-18(20)26-22(27)19-14-21(25-15-24-19)23-12-11-16-7-6-8-17(13-16)28-2/h4-10,13-15H,3,11-12H2,1-2H3,(H,26,27)(H,23,24,25). The molecule has 0 aliphatic rings. The highest BCUT2D eigenvalue weighted by atomic mass is 16.5. The summed E-state index contributed by atoms with van der Waals surface area (Å²) in [5, 5.41) is 6.06. The van der Waals surface area contributed by atoms with E-state index in [0.29, 0.717) is 30.4 Å². The second-order valence-corrected chi connectivity index (χ2v) is 6.20. The molecule has 0 saturated heterocycles. The van der Waals surface area contributed by atoms with Crippen molar-refractivity contribution in [1.82, 2.24) is 9.97 Å². The van der Waals surface area contributed by atoms with Gasteiger partial charge in [-0.3, -0.25) is 4.79 Å². The summed E-state index contributed by atoms with van der Waals surface area (Å²) in [5.41, 5.74) is 2.03. The smallest absolute Gasteiger partial charge is 0.274 e. The Balaban J connectivity index is 1.61. The SMILES string of the molecule is CCOc1ccccc1NC(=O)c1cc(NCCc2cccc(OC)c2)ncn1. The van der Waals surface area contributed by atoms with E-state index in [4.69, 9.17) is 9.47 Å². The lowest BCUT2D eigenvalue weighted by atomic mass is 10.1. The second-order valence-electron chi connectivity index (χ2n) is 6.20. The fourth-order valence-corrected chi connectivity index (χ4v) is 2.78. The molecule has 0 aliphatic heterocycles. The molecule has 0 spiro atoms. The molecule has 3 aromatic rings. The summed E-state index contributed by atoms with van der Waals surface area (Å²) in [6, 6.07) is 16.8. The third-order valence-corrected chi connectivity index (χ3v) is 4.19. The molecule has 1 amide bonds. The summed E-state index contributed by atoms with van der Waals surface area (Å²) in [6.07, 6.45) is 2.17. The van der Waals surface area contributed by atoms with Gasteiger partial charge in [0.05, 0.1) is 19.4 Å². The summed E-state index contributed by atoms with van der Waals surface area (Å²) < 4.78 is 10.8. The van der Waals surface area contributed by atoms with E-state index in [1.807, 2.05) is 49.4 Å². The number of para-hydroxylation sites is 2. The molecule has 0 aliphatic carbocycles. The molecule has 0 unspecified atom stereocenters. The second kappa shape index (κ2) is 10.1. The van der Waals surface area contributed by atoms with Crippen LogP contribution >= 0.6 is 0 Å². The van der Waals surface area contributed by atoms with Crippen molar-refractivity contribution >= 4 is 17.4 Å². The Morgan fingerprint density at radius 2 is 1.93 bits per heavy atom. The highest BCUT2D eigenvalue weighted by Crippen LogP contribution is 2.24. The van der Waals surface area contributed by atoms with E-state index in [0.717, 1.165) is 17.7 Å². The third-order valence-electron chi connectivity index (χ3n) is 4.19. The topological polar surface area (TPSA) is 85.4 Å². The van der Waals surface area contributed by atoms with Gasteiger partial charge in [0.2, 0.25) is 0 Å². The number of amides is 1. The molecule has 0 atom stereocenters. The van der Waals surface area contributed by atoms with Crippen molar-refractivity contribution in [3.63, 3.8) is 0 Å². The summed E-state index contributed by atoms with van der Waals surface area (Å²) in [6.45, 7) is 3.08. The number of nitrogens with zero attached hydrogens (tertiary/aromatic N) is 2. The van der Waals surface area contributed by atoms with E-state index in [1.165, 1.54) is 6.33 Å². The zero-order chi connectivity index (χ0) is 20.5. The van der Waals surface area contributed by atoms with Crippen LogP contribution in [0.5, 0.6) is 11.5 Å². The van der Waals surface area contributed by atoms with Crippen LogP contribution in [0.2, 0.25) is 0 Å². The number of ether oxygens (including phenoxy) is 2. The molecule has 7 nitrogen and oxygen atoms in total. The lowest BCUT2D eigenvalue weighted by Gasteiger charge is -2.11. The number of anilines is 2. The normalized spacial score (nSPS) is 10.3. The first kappa shape index (κ1) is 20.1. The molecular weight excluding hydrogens is 368 g/mol. The van der Waals surface area contributed by atoms with Crippen molar-refractivity contribution < 1.29 is 14.3 Å². The first-order chi connectivity index (χ1) is 14.2. The quantitative estimate of drug-likeness (QED) is 0.576. The van der Waals surface area contributed by atoms with E-state index in [1.54, 1.807) is 19.2 Å². The maximum atomic E-state index is 12.6. The van der Waals surface area contributed by atoms with Crippen molar-refractivity contribution in [3.8, 4) is 11.5 Å². The average molecular weight is 392 g/mol. The number of nitrogens with one attached hydrogen (secondary N) is 2. The van der Waals surface area contributed by atoms with Crippen molar-refractivity contribution in [2.45, 2.75) is 13.3 Å². The van der Waals surface area contributed by atoms with Crippen molar-refractivity contribution in [3.05, 3.63) is 72.2 Å². The van der Waals surface area contributed by atoms with E-state index < -0.39 is 0 Å². The Bertz CT molecular complexity index is 962. The summed E-state index contributed by atoms with van der Waals surface area (Å²) in [4.78, 5) is 20.9. The lowest BCUT2D eigenvalue weighted by molar-refractivity contribution is 0.102. The number of hydrogen-bond donors (Lipinski definition) is 2. The van der Waals surface area contributed by atoms with Gasteiger partial charge in [0, 0.05) is 12.6 Å². The monoisotopic (exact) mass is 392 g/mol. The predicted molar refractivity (Wildman–Crippen MR) is 113 cm³/mol. The molecule has 0 saturated carbocycles. The van der Waals surface area contributed by atoms with Crippen LogP contribution in [-0.2, 0) is 6.42 Å². The molecule has 0 fully saturated rings.